The van der Waals surface area contributed by atoms with Crippen LogP contribution in [0.3, 0.4) is 0 Å². The number of furan rings is 1. The Bertz CT molecular complexity index is 2190. The third-order valence-electron chi connectivity index (χ3n) is 7.83. The number of rotatable bonds is 8. The molecule has 0 fully saturated rings. The Morgan fingerprint density at radius 2 is 1.83 bits per heavy atom. The van der Waals surface area contributed by atoms with Crippen LogP contribution >= 0.6 is 11.3 Å². The second kappa shape index (κ2) is 12.4. The van der Waals surface area contributed by atoms with Crippen molar-refractivity contribution in [3.05, 3.63) is 142 Å². The highest BCUT2D eigenvalue weighted by Crippen LogP contribution is 2.33. The van der Waals surface area contributed by atoms with Crippen LogP contribution in [0.25, 0.3) is 17.4 Å². The maximum atomic E-state index is 14.1. The van der Waals surface area contributed by atoms with Crippen LogP contribution in [-0.2, 0) is 4.79 Å². The van der Waals surface area contributed by atoms with E-state index < -0.39 is 11.0 Å². The molecule has 1 N–H and O–H groups in total. The Balaban J connectivity index is 1.43. The average molecular weight is 635 g/mol. The maximum Gasteiger partial charge on any atom is 0.273 e. The van der Waals surface area contributed by atoms with Crippen molar-refractivity contribution in [1.82, 2.24) is 4.57 Å². The van der Waals surface area contributed by atoms with E-state index in [-0.39, 0.29) is 17.2 Å². The number of benzene rings is 3. The van der Waals surface area contributed by atoms with Crippen LogP contribution in [-0.4, -0.2) is 22.0 Å². The van der Waals surface area contributed by atoms with E-state index in [2.05, 4.69) is 5.32 Å². The van der Waals surface area contributed by atoms with Crippen LogP contribution in [0.1, 0.15) is 42.3 Å². The third kappa shape index (κ3) is 5.80. The van der Waals surface area contributed by atoms with E-state index in [9.17, 15) is 19.7 Å². The summed E-state index contributed by atoms with van der Waals surface area (Å²) in [6, 6.07) is 22.4. The zero-order valence-corrected chi connectivity index (χ0v) is 26.4. The number of anilines is 1. The lowest BCUT2D eigenvalue weighted by atomic mass is 9.95. The first kappa shape index (κ1) is 30.5. The first-order chi connectivity index (χ1) is 22.1. The molecule has 0 spiro atoms. The van der Waals surface area contributed by atoms with Gasteiger partial charge in [0.25, 0.3) is 17.2 Å². The molecule has 10 nitrogen and oxygen atoms in total. The van der Waals surface area contributed by atoms with Gasteiger partial charge in [-0.15, -0.1) is 0 Å². The summed E-state index contributed by atoms with van der Waals surface area (Å²) in [5.41, 5.74) is 3.80. The van der Waals surface area contributed by atoms with Crippen molar-refractivity contribution in [1.29, 1.82) is 0 Å². The number of nitrogens with zero attached hydrogens (tertiary/aromatic N) is 3. The molecule has 0 aliphatic carbocycles. The lowest BCUT2D eigenvalue weighted by Gasteiger charge is -2.25. The highest BCUT2D eigenvalue weighted by atomic mass is 32.1. The number of carbonyl (C=O) groups excluding carboxylic acids is 1. The summed E-state index contributed by atoms with van der Waals surface area (Å²) in [7, 11) is 0. The van der Waals surface area contributed by atoms with Crippen molar-refractivity contribution < 1.29 is 18.9 Å². The Kier molecular flexibility index (Phi) is 8.25. The molecule has 5 aromatic rings. The SMILES string of the molecule is CCOc1ccc([C@H]2C(C(=O)Nc3ccccc3)=C(C)N=c3s/c(=C\c4ccc(-c5cc(C)c(C)c([N+](=O)[O-])c5)o4)c(=O)n32)cc1. The molecule has 3 aromatic carbocycles. The quantitative estimate of drug-likeness (QED) is 0.163. The number of carbonyl (C=O) groups is 1. The van der Waals surface area contributed by atoms with Crippen LogP contribution in [0, 0.1) is 24.0 Å². The lowest BCUT2D eigenvalue weighted by molar-refractivity contribution is -0.385. The van der Waals surface area contributed by atoms with Crippen LogP contribution < -0.4 is 24.9 Å². The summed E-state index contributed by atoms with van der Waals surface area (Å²) in [6.45, 7) is 7.70. The topological polar surface area (TPSA) is 129 Å². The molecule has 0 radical (unpaired) electrons. The molecule has 1 amide bonds. The van der Waals surface area contributed by atoms with Gasteiger partial charge in [-0.1, -0.05) is 41.7 Å². The van der Waals surface area contributed by atoms with Crippen molar-refractivity contribution >= 4 is 34.7 Å². The number of aromatic nitrogens is 1. The van der Waals surface area contributed by atoms with Gasteiger partial charge in [0, 0.05) is 29.0 Å². The number of nitro benzene ring substituents is 1. The molecule has 0 bridgehead atoms. The van der Waals surface area contributed by atoms with Crippen molar-refractivity contribution in [2.24, 2.45) is 4.99 Å². The number of hydrogen-bond donors (Lipinski definition) is 1. The standard InChI is InChI=1S/C35H30N4O6S/c1-5-44-26-13-11-23(12-14-26)32-31(33(40)37-25-9-7-6-8-10-25)22(4)36-35-38(32)34(41)30(46-35)19-27-15-16-29(45-27)24-17-20(2)21(3)28(18-24)39(42)43/h6-19,32H,5H2,1-4H3,(H,37,40)/b30-19-/t32-/m0/s1. The van der Waals surface area contributed by atoms with Crippen molar-refractivity contribution in [3.8, 4) is 17.1 Å². The van der Waals surface area contributed by atoms with Gasteiger partial charge in [-0.05, 0) is 81.3 Å². The number of ether oxygens (including phenoxy) is 1. The first-order valence-corrected chi connectivity index (χ1v) is 15.4. The van der Waals surface area contributed by atoms with E-state index in [0.717, 1.165) is 11.1 Å². The molecule has 3 heterocycles. The summed E-state index contributed by atoms with van der Waals surface area (Å²) in [6.07, 6.45) is 1.63. The predicted molar refractivity (Wildman–Crippen MR) is 177 cm³/mol. The number of nitrogens with one attached hydrogen (secondary N) is 1. The molecule has 2 aromatic heterocycles. The molecular weight excluding hydrogens is 604 g/mol. The van der Waals surface area contributed by atoms with Gasteiger partial charge in [-0.3, -0.25) is 24.3 Å². The minimum Gasteiger partial charge on any atom is -0.494 e. The van der Waals surface area contributed by atoms with Crippen molar-refractivity contribution in [2.75, 3.05) is 11.9 Å². The van der Waals surface area contributed by atoms with Gasteiger partial charge in [0.2, 0.25) is 0 Å². The molecule has 0 unspecified atom stereocenters. The van der Waals surface area contributed by atoms with Crippen LogP contribution in [0.5, 0.6) is 5.75 Å². The minimum absolute atomic E-state index is 0.0121. The van der Waals surface area contributed by atoms with Crippen molar-refractivity contribution in [3.63, 3.8) is 0 Å². The van der Waals surface area contributed by atoms with Crippen LogP contribution in [0.15, 0.2) is 104 Å². The van der Waals surface area contributed by atoms with Crippen LogP contribution in [0.4, 0.5) is 11.4 Å². The van der Waals surface area contributed by atoms with Gasteiger partial charge in [0.1, 0.15) is 17.3 Å². The Labute approximate surface area is 267 Å². The minimum atomic E-state index is -0.749. The number of amides is 1. The fourth-order valence-electron chi connectivity index (χ4n) is 5.45. The lowest BCUT2D eigenvalue weighted by Crippen LogP contribution is -2.40. The number of thiazole rings is 1. The third-order valence-corrected chi connectivity index (χ3v) is 8.81. The second-order valence-corrected chi connectivity index (χ2v) is 11.8. The Morgan fingerprint density at radius 3 is 2.52 bits per heavy atom. The van der Waals surface area contributed by atoms with E-state index in [1.807, 2.05) is 62.4 Å². The molecule has 1 aliphatic rings. The monoisotopic (exact) mass is 634 g/mol. The highest BCUT2D eigenvalue weighted by molar-refractivity contribution is 7.07. The average Bonchev–Trinajstić information content (AvgIpc) is 3.62. The summed E-state index contributed by atoms with van der Waals surface area (Å²) in [5, 5.41) is 14.5. The van der Waals surface area contributed by atoms with Gasteiger partial charge in [0.05, 0.1) is 33.4 Å². The number of allylic oxidation sites excluding steroid dienone is 1. The normalized spacial score (nSPS) is 14.5. The molecule has 232 valence electrons. The Morgan fingerprint density at radius 1 is 1.09 bits per heavy atom. The number of aryl methyl sites for hydroxylation is 1. The fraction of sp³-hybridized carbons (Fsp3) is 0.171. The number of nitro groups is 1. The summed E-state index contributed by atoms with van der Waals surface area (Å²) in [4.78, 5) is 44.1. The van der Waals surface area contributed by atoms with Gasteiger partial charge in [-0.25, -0.2) is 4.99 Å². The molecule has 0 saturated carbocycles. The fourth-order valence-corrected chi connectivity index (χ4v) is 6.47. The second-order valence-electron chi connectivity index (χ2n) is 10.8. The zero-order valence-electron chi connectivity index (χ0n) is 25.6. The Hall–Kier alpha value is -5.55. The number of fused-ring (bicyclic) bond motifs is 1. The molecule has 6 rings (SSSR count). The number of para-hydroxylation sites is 1. The molecular formula is C35H30N4O6S. The van der Waals surface area contributed by atoms with E-state index in [1.165, 1.54) is 22.0 Å². The first-order valence-electron chi connectivity index (χ1n) is 14.6. The largest absolute Gasteiger partial charge is 0.494 e. The van der Waals surface area contributed by atoms with Crippen molar-refractivity contribution in [2.45, 2.75) is 33.7 Å². The van der Waals surface area contributed by atoms with E-state index in [4.69, 9.17) is 14.1 Å². The van der Waals surface area contributed by atoms with E-state index >= 15 is 0 Å². The highest BCUT2D eigenvalue weighted by Gasteiger charge is 2.32. The molecule has 1 atom stereocenters. The van der Waals surface area contributed by atoms with Gasteiger partial charge >= 0.3 is 0 Å². The maximum absolute atomic E-state index is 14.1. The van der Waals surface area contributed by atoms with Crippen LogP contribution in [0.2, 0.25) is 0 Å². The van der Waals surface area contributed by atoms with Gasteiger partial charge in [-0.2, -0.15) is 0 Å². The summed E-state index contributed by atoms with van der Waals surface area (Å²) in [5.74, 6) is 1.15. The van der Waals surface area contributed by atoms with E-state index in [0.29, 0.717) is 61.3 Å². The molecule has 11 heteroatoms. The molecule has 0 saturated heterocycles. The summed E-state index contributed by atoms with van der Waals surface area (Å²) < 4.78 is 13.6. The van der Waals surface area contributed by atoms with E-state index in [1.54, 1.807) is 44.2 Å². The molecule has 46 heavy (non-hydrogen) atoms. The summed E-state index contributed by atoms with van der Waals surface area (Å²) >= 11 is 1.19. The number of hydrogen-bond acceptors (Lipinski definition) is 8. The van der Waals surface area contributed by atoms with Gasteiger partial charge < -0.3 is 14.5 Å². The van der Waals surface area contributed by atoms with Gasteiger partial charge in [0.15, 0.2) is 4.80 Å². The zero-order chi connectivity index (χ0) is 32.5. The molecule has 1 aliphatic heterocycles. The smallest absolute Gasteiger partial charge is 0.273 e. The predicted octanol–water partition coefficient (Wildman–Crippen LogP) is 6.06.